The number of hydrogen-bond acceptors (Lipinski definition) is 0. The van der Waals surface area contributed by atoms with Gasteiger partial charge in [0.2, 0.25) is 0 Å². The summed E-state index contributed by atoms with van der Waals surface area (Å²) in [4.78, 5) is 0. The molecule has 0 radical (unpaired) electrons. The standard InChI is InChI=1S/C14H23B/c1-13(2,3)11-14(4,15-5)12-9-7-6-8-10-12/h6-10,15H,11H2,1-5H3. The molecule has 0 bridgehead atoms. The highest BCUT2D eigenvalue weighted by Crippen LogP contribution is 2.35. The van der Waals surface area contributed by atoms with Crippen LogP contribution in [0.25, 0.3) is 0 Å². The molecule has 1 aromatic carbocycles. The first kappa shape index (κ1) is 12.4. The largest absolute Gasteiger partial charge is 0.130 e. The van der Waals surface area contributed by atoms with Crippen molar-refractivity contribution < 1.29 is 0 Å². The molecule has 0 spiro atoms. The Bertz CT molecular complexity index is 297. The minimum Gasteiger partial charge on any atom is -0.0885 e. The van der Waals surface area contributed by atoms with E-state index in [0.717, 1.165) is 0 Å². The van der Waals surface area contributed by atoms with Gasteiger partial charge in [0.15, 0.2) is 0 Å². The number of rotatable bonds is 3. The lowest BCUT2D eigenvalue weighted by Gasteiger charge is -2.35. The molecule has 0 heterocycles. The maximum Gasteiger partial charge on any atom is 0.130 e. The molecule has 0 aromatic heterocycles. The van der Waals surface area contributed by atoms with Crippen molar-refractivity contribution in [3.63, 3.8) is 0 Å². The maximum absolute atomic E-state index is 2.38. The molecule has 0 N–H and O–H groups in total. The highest BCUT2D eigenvalue weighted by atomic mass is 14.3. The van der Waals surface area contributed by atoms with Crippen molar-refractivity contribution in [2.24, 2.45) is 5.41 Å². The first-order valence-corrected chi connectivity index (χ1v) is 5.93. The molecule has 0 aliphatic carbocycles. The lowest BCUT2D eigenvalue weighted by atomic mass is 9.48. The van der Waals surface area contributed by atoms with Crippen LogP contribution in [0.1, 0.15) is 39.7 Å². The summed E-state index contributed by atoms with van der Waals surface area (Å²) >= 11 is 0. The van der Waals surface area contributed by atoms with Crippen molar-refractivity contribution in [1.82, 2.24) is 0 Å². The molecule has 82 valence electrons. The van der Waals surface area contributed by atoms with Crippen molar-refractivity contribution in [3.8, 4) is 0 Å². The van der Waals surface area contributed by atoms with Crippen LogP contribution in [0.2, 0.25) is 6.82 Å². The quantitative estimate of drug-likeness (QED) is 0.653. The molecule has 0 amide bonds. The summed E-state index contributed by atoms with van der Waals surface area (Å²) < 4.78 is 0. The molecule has 0 aliphatic rings. The highest BCUT2D eigenvalue weighted by molar-refractivity contribution is 6.38. The SMILES string of the molecule is CBC(C)(CC(C)(C)C)c1ccccc1. The van der Waals surface area contributed by atoms with Gasteiger partial charge >= 0.3 is 0 Å². The van der Waals surface area contributed by atoms with Gasteiger partial charge in [-0.3, -0.25) is 0 Å². The zero-order valence-electron chi connectivity index (χ0n) is 10.8. The Morgan fingerprint density at radius 3 is 1.93 bits per heavy atom. The van der Waals surface area contributed by atoms with Gasteiger partial charge in [-0.15, -0.1) is 0 Å². The smallest absolute Gasteiger partial charge is 0.0885 e. The van der Waals surface area contributed by atoms with Crippen molar-refractivity contribution >= 4 is 7.28 Å². The van der Waals surface area contributed by atoms with E-state index >= 15 is 0 Å². The molecule has 0 saturated heterocycles. The van der Waals surface area contributed by atoms with E-state index in [1.54, 1.807) is 0 Å². The van der Waals surface area contributed by atoms with Crippen molar-refractivity contribution in [2.45, 2.75) is 46.3 Å². The second-order valence-corrected chi connectivity index (χ2v) is 6.02. The van der Waals surface area contributed by atoms with Crippen LogP contribution < -0.4 is 0 Å². The van der Waals surface area contributed by atoms with Crippen molar-refractivity contribution in [2.75, 3.05) is 0 Å². The third-order valence-corrected chi connectivity index (χ3v) is 3.17. The molecular formula is C14H23B. The summed E-state index contributed by atoms with van der Waals surface area (Å²) in [6.45, 7) is 11.6. The first-order chi connectivity index (χ1) is 6.87. The summed E-state index contributed by atoms with van der Waals surface area (Å²) in [5.41, 5.74) is 1.86. The van der Waals surface area contributed by atoms with Crippen LogP contribution in [0.3, 0.4) is 0 Å². The van der Waals surface area contributed by atoms with Crippen LogP contribution in [0, 0.1) is 5.41 Å². The van der Waals surface area contributed by atoms with Gasteiger partial charge in [-0.1, -0.05) is 64.8 Å². The van der Waals surface area contributed by atoms with E-state index in [2.05, 4.69) is 64.8 Å². The second-order valence-electron chi connectivity index (χ2n) is 6.02. The average Bonchev–Trinajstić information content (AvgIpc) is 2.16. The Hall–Kier alpha value is -0.715. The summed E-state index contributed by atoms with van der Waals surface area (Å²) in [7, 11) is 1.20. The molecule has 0 nitrogen and oxygen atoms in total. The van der Waals surface area contributed by atoms with E-state index in [0.29, 0.717) is 10.7 Å². The molecule has 15 heavy (non-hydrogen) atoms. The van der Waals surface area contributed by atoms with Crippen LogP contribution in [0.15, 0.2) is 30.3 Å². The van der Waals surface area contributed by atoms with Crippen LogP contribution in [-0.2, 0) is 5.31 Å². The zero-order valence-corrected chi connectivity index (χ0v) is 10.8. The lowest BCUT2D eigenvalue weighted by molar-refractivity contribution is 0.325. The maximum atomic E-state index is 2.38. The van der Waals surface area contributed by atoms with E-state index in [9.17, 15) is 0 Å². The monoisotopic (exact) mass is 202 g/mol. The fourth-order valence-electron chi connectivity index (χ4n) is 2.44. The molecular weight excluding hydrogens is 179 g/mol. The van der Waals surface area contributed by atoms with E-state index in [1.165, 1.54) is 19.3 Å². The molecule has 0 aliphatic heterocycles. The Balaban J connectivity index is 2.96. The molecule has 1 aromatic rings. The normalized spacial score (nSPS) is 15.8. The van der Waals surface area contributed by atoms with Crippen LogP contribution in [-0.4, -0.2) is 7.28 Å². The van der Waals surface area contributed by atoms with Crippen molar-refractivity contribution in [1.29, 1.82) is 0 Å². The summed E-state index contributed by atoms with van der Waals surface area (Å²) in [6.07, 6.45) is 1.24. The summed E-state index contributed by atoms with van der Waals surface area (Å²) in [5, 5.41) is 0.319. The summed E-state index contributed by atoms with van der Waals surface area (Å²) in [6, 6.07) is 10.9. The highest BCUT2D eigenvalue weighted by Gasteiger charge is 2.30. The summed E-state index contributed by atoms with van der Waals surface area (Å²) in [5.74, 6) is 0. The van der Waals surface area contributed by atoms with Gasteiger partial charge in [0.1, 0.15) is 7.28 Å². The molecule has 0 fully saturated rings. The Kier molecular flexibility index (Phi) is 3.65. The van der Waals surface area contributed by atoms with Gasteiger partial charge in [-0.25, -0.2) is 0 Å². The fourth-order valence-corrected chi connectivity index (χ4v) is 2.44. The minimum absolute atomic E-state index is 0.319. The van der Waals surface area contributed by atoms with E-state index in [1.807, 2.05) is 0 Å². The van der Waals surface area contributed by atoms with Crippen LogP contribution in [0.4, 0.5) is 0 Å². The molecule has 1 atom stereocenters. The van der Waals surface area contributed by atoms with Gasteiger partial charge in [-0.05, 0) is 22.7 Å². The molecule has 1 unspecified atom stereocenters. The van der Waals surface area contributed by atoms with E-state index < -0.39 is 0 Å². The van der Waals surface area contributed by atoms with E-state index in [-0.39, 0.29) is 0 Å². The van der Waals surface area contributed by atoms with Gasteiger partial charge in [0.25, 0.3) is 0 Å². The molecule has 1 rings (SSSR count). The Labute approximate surface area is 95.3 Å². The Morgan fingerprint density at radius 1 is 1.00 bits per heavy atom. The van der Waals surface area contributed by atoms with Crippen LogP contribution in [0.5, 0.6) is 0 Å². The van der Waals surface area contributed by atoms with Gasteiger partial charge in [0, 0.05) is 0 Å². The second kappa shape index (κ2) is 4.43. The predicted octanol–water partition coefficient (Wildman–Crippen LogP) is 3.82. The fraction of sp³-hybridized carbons (Fsp3) is 0.571. The first-order valence-electron chi connectivity index (χ1n) is 5.93. The van der Waals surface area contributed by atoms with Crippen molar-refractivity contribution in [3.05, 3.63) is 35.9 Å². The average molecular weight is 202 g/mol. The lowest BCUT2D eigenvalue weighted by Crippen LogP contribution is -2.32. The Morgan fingerprint density at radius 2 is 1.53 bits per heavy atom. The van der Waals surface area contributed by atoms with Gasteiger partial charge in [-0.2, -0.15) is 0 Å². The number of benzene rings is 1. The van der Waals surface area contributed by atoms with E-state index in [4.69, 9.17) is 0 Å². The van der Waals surface area contributed by atoms with Crippen LogP contribution >= 0.6 is 0 Å². The predicted molar refractivity (Wildman–Crippen MR) is 70.9 cm³/mol. The third-order valence-electron chi connectivity index (χ3n) is 3.17. The molecule has 0 saturated carbocycles. The van der Waals surface area contributed by atoms with Gasteiger partial charge < -0.3 is 0 Å². The topological polar surface area (TPSA) is 0 Å². The number of hydrogen-bond donors (Lipinski definition) is 0. The zero-order chi connectivity index (χ0) is 11.5. The van der Waals surface area contributed by atoms with Gasteiger partial charge in [0.05, 0.1) is 0 Å². The minimum atomic E-state index is 0.319. The molecule has 1 heteroatoms. The third kappa shape index (κ3) is 3.41.